The number of nitrogens with one attached hydrogen (secondary N) is 1. The highest BCUT2D eigenvalue weighted by Gasteiger charge is 2.08. The highest BCUT2D eigenvalue weighted by atomic mass is 35.5. The Morgan fingerprint density at radius 2 is 1.80 bits per heavy atom. The van der Waals surface area contributed by atoms with Gasteiger partial charge in [0.05, 0.1) is 0 Å². The fourth-order valence-corrected chi connectivity index (χ4v) is 3.25. The number of para-hydroxylation sites is 1. The van der Waals surface area contributed by atoms with E-state index in [0.717, 1.165) is 37.6 Å². The molecule has 25 heavy (non-hydrogen) atoms. The molecule has 0 saturated heterocycles. The predicted octanol–water partition coefficient (Wildman–Crippen LogP) is 4.38. The average molecular weight is 356 g/mol. The van der Waals surface area contributed by atoms with Crippen LogP contribution in [0.15, 0.2) is 54.7 Å². The highest BCUT2D eigenvalue weighted by molar-refractivity contribution is 6.30. The predicted molar refractivity (Wildman–Crippen MR) is 107 cm³/mol. The number of aromatic nitrogens is 1. The minimum atomic E-state index is 0.781. The SMILES string of the molecule is CN(C)CCCNCc1cn(Cc2ccc(Cl)cc2)c2ccccc12. The fourth-order valence-electron chi connectivity index (χ4n) is 3.12. The molecule has 0 aliphatic carbocycles. The number of fused-ring (bicyclic) bond motifs is 1. The lowest BCUT2D eigenvalue weighted by atomic mass is 10.2. The van der Waals surface area contributed by atoms with Crippen molar-refractivity contribution in [1.82, 2.24) is 14.8 Å². The number of benzene rings is 2. The van der Waals surface area contributed by atoms with Crippen LogP contribution in [0.1, 0.15) is 17.5 Å². The lowest BCUT2D eigenvalue weighted by Crippen LogP contribution is -2.20. The van der Waals surface area contributed by atoms with Gasteiger partial charge in [-0.1, -0.05) is 41.9 Å². The first-order valence-corrected chi connectivity index (χ1v) is 9.18. The zero-order valence-electron chi connectivity index (χ0n) is 15.0. The summed E-state index contributed by atoms with van der Waals surface area (Å²) in [6.07, 6.45) is 3.44. The van der Waals surface area contributed by atoms with E-state index in [2.05, 4.69) is 71.5 Å². The molecule has 0 aliphatic rings. The lowest BCUT2D eigenvalue weighted by molar-refractivity contribution is 0.394. The van der Waals surface area contributed by atoms with Crippen LogP contribution in [-0.2, 0) is 13.1 Å². The van der Waals surface area contributed by atoms with Crippen molar-refractivity contribution in [2.75, 3.05) is 27.2 Å². The third-order valence-corrected chi connectivity index (χ3v) is 4.66. The van der Waals surface area contributed by atoms with E-state index in [1.54, 1.807) is 0 Å². The summed E-state index contributed by atoms with van der Waals surface area (Å²) in [5.41, 5.74) is 3.90. The fraction of sp³-hybridized carbons (Fsp3) is 0.333. The van der Waals surface area contributed by atoms with Crippen LogP contribution in [0.25, 0.3) is 10.9 Å². The topological polar surface area (TPSA) is 20.2 Å². The monoisotopic (exact) mass is 355 g/mol. The second-order valence-corrected chi connectivity index (χ2v) is 7.20. The van der Waals surface area contributed by atoms with Gasteiger partial charge in [-0.05, 0) is 62.9 Å². The first kappa shape index (κ1) is 18.0. The maximum atomic E-state index is 6.00. The van der Waals surface area contributed by atoms with E-state index < -0.39 is 0 Å². The zero-order chi connectivity index (χ0) is 17.6. The van der Waals surface area contributed by atoms with Crippen LogP contribution in [0.5, 0.6) is 0 Å². The number of nitrogens with zero attached hydrogens (tertiary/aromatic N) is 2. The zero-order valence-corrected chi connectivity index (χ0v) is 15.8. The molecule has 3 nitrogen and oxygen atoms in total. The molecule has 1 heterocycles. The van der Waals surface area contributed by atoms with Crippen molar-refractivity contribution in [3.8, 4) is 0 Å². The van der Waals surface area contributed by atoms with E-state index >= 15 is 0 Å². The molecule has 0 fully saturated rings. The van der Waals surface area contributed by atoms with Crippen molar-refractivity contribution < 1.29 is 0 Å². The molecule has 1 N–H and O–H groups in total. The Hall–Kier alpha value is -1.81. The largest absolute Gasteiger partial charge is 0.343 e. The highest BCUT2D eigenvalue weighted by Crippen LogP contribution is 2.22. The molecular formula is C21H26ClN3. The van der Waals surface area contributed by atoms with E-state index in [1.807, 2.05) is 12.1 Å². The molecule has 132 valence electrons. The van der Waals surface area contributed by atoms with Gasteiger partial charge >= 0.3 is 0 Å². The number of halogens is 1. The Balaban J connectivity index is 1.72. The molecule has 0 saturated carbocycles. The summed E-state index contributed by atoms with van der Waals surface area (Å²) in [7, 11) is 4.23. The molecule has 0 unspecified atom stereocenters. The summed E-state index contributed by atoms with van der Waals surface area (Å²) in [5.74, 6) is 0. The standard InChI is InChI=1S/C21H26ClN3/c1-24(2)13-5-12-23-14-18-16-25(21-7-4-3-6-20(18)21)15-17-8-10-19(22)11-9-17/h3-4,6-11,16,23H,5,12-15H2,1-2H3. The van der Waals surface area contributed by atoms with Crippen molar-refractivity contribution in [3.05, 3.63) is 70.9 Å². The van der Waals surface area contributed by atoms with Gasteiger partial charge in [0, 0.05) is 35.2 Å². The molecule has 0 aliphatic heterocycles. The Morgan fingerprint density at radius 1 is 1.04 bits per heavy atom. The van der Waals surface area contributed by atoms with Gasteiger partial charge in [0.1, 0.15) is 0 Å². The third-order valence-electron chi connectivity index (χ3n) is 4.41. The molecule has 0 amide bonds. The number of rotatable bonds is 8. The van der Waals surface area contributed by atoms with Crippen LogP contribution in [-0.4, -0.2) is 36.7 Å². The van der Waals surface area contributed by atoms with Crippen LogP contribution in [0, 0.1) is 0 Å². The normalized spacial score (nSPS) is 11.5. The summed E-state index contributed by atoms with van der Waals surface area (Å²) in [6, 6.07) is 16.7. The van der Waals surface area contributed by atoms with Crippen molar-refractivity contribution >= 4 is 22.5 Å². The van der Waals surface area contributed by atoms with Gasteiger partial charge in [0.2, 0.25) is 0 Å². The second-order valence-electron chi connectivity index (χ2n) is 6.76. The van der Waals surface area contributed by atoms with Crippen LogP contribution in [0.3, 0.4) is 0 Å². The molecule has 0 bridgehead atoms. The van der Waals surface area contributed by atoms with Crippen molar-refractivity contribution in [1.29, 1.82) is 0 Å². The molecule has 3 aromatic rings. The van der Waals surface area contributed by atoms with Crippen LogP contribution >= 0.6 is 11.6 Å². The summed E-state index contributed by atoms with van der Waals surface area (Å²) >= 11 is 6.00. The van der Waals surface area contributed by atoms with Crippen molar-refractivity contribution in [3.63, 3.8) is 0 Å². The molecule has 1 aromatic heterocycles. The summed E-state index contributed by atoms with van der Waals surface area (Å²) < 4.78 is 2.33. The van der Waals surface area contributed by atoms with E-state index in [1.165, 1.54) is 22.0 Å². The molecule has 2 aromatic carbocycles. The van der Waals surface area contributed by atoms with E-state index in [4.69, 9.17) is 11.6 Å². The molecule has 0 radical (unpaired) electrons. The molecule has 3 rings (SSSR count). The lowest BCUT2D eigenvalue weighted by Gasteiger charge is -2.09. The Bertz CT molecular complexity index is 806. The minimum Gasteiger partial charge on any atom is -0.343 e. The van der Waals surface area contributed by atoms with Crippen LogP contribution in [0.4, 0.5) is 0 Å². The van der Waals surface area contributed by atoms with Gasteiger partial charge in [-0.25, -0.2) is 0 Å². The number of hydrogen-bond acceptors (Lipinski definition) is 2. The van der Waals surface area contributed by atoms with Crippen molar-refractivity contribution in [2.45, 2.75) is 19.5 Å². The first-order valence-electron chi connectivity index (χ1n) is 8.80. The van der Waals surface area contributed by atoms with Gasteiger partial charge in [0.25, 0.3) is 0 Å². The molecule has 4 heteroatoms. The molecule has 0 spiro atoms. The van der Waals surface area contributed by atoms with Crippen LogP contribution < -0.4 is 5.32 Å². The van der Waals surface area contributed by atoms with E-state index in [9.17, 15) is 0 Å². The number of hydrogen-bond donors (Lipinski definition) is 1. The van der Waals surface area contributed by atoms with Gasteiger partial charge in [0.15, 0.2) is 0 Å². The summed E-state index contributed by atoms with van der Waals surface area (Å²) in [4.78, 5) is 2.22. The Morgan fingerprint density at radius 3 is 2.56 bits per heavy atom. The van der Waals surface area contributed by atoms with Gasteiger partial charge in [-0.3, -0.25) is 0 Å². The quantitative estimate of drug-likeness (QED) is 0.605. The van der Waals surface area contributed by atoms with E-state index in [-0.39, 0.29) is 0 Å². The minimum absolute atomic E-state index is 0.781. The summed E-state index contributed by atoms with van der Waals surface area (Å²) in [6.45, 7) is 3.92. The summed E-state index contributed by atoms with van der Waals surface area (Å²) in [5, 5.41) is 5.69. The maximum absolute atomic E-state index is 6.00. The smallest absolute Gasteiger partial charge is 0.0486 e. The Labute approximate surface area is 155 Å². The van der Waals surface area contributed by atoms with Gasteiger partial charge < -0.3 is 14.8 Å². The first-order chi connectivity index (χ1) is 12.1. The Kier molecular flexibility index (Phi) is 6.14. The molecule has 0 atom stereocenters. The van der Waals surface area contributed by atoms with Crippen molar-refractivity contribution in [2.24, 2.45) is 0 Å². The van der Waals surface area contributed by atoms with Crippen LogP contribution in [0.2, 0.25) is 5.02 Å². The maximum Gasteiger partial charge on any atom is 0.0486 e. The molecular weight excluding hydrogens is 330 g/mol. The second kappa shape index (κ2) is 8.52. The van der Waals surface area contributed by atoms with Gasteiger partial charge in [-0.2, -0.15) is 0 Å². The van der Waals surface area contributed by atoms with E-state index in [0.29, 0.717) is 0 Å². The third kappa shape index (κ3) is 4.85. The van der Waals surface area contributed by atoms with Gasteiger partial charge in [-0.15, -0.1) is 0 Å². The average Bonchev–Trinajstić information content (AvgIpc) is 2.94.